The van der Waals surface area contributed by atoms with Gasteiger partial charge in [0.2, 0.25) is 0 Å². The van der Waals surface area contributed by atoms with Crippen LogP contribution >= 0.6 is 0 Å². The number of fused-ring (bicyclic) bond motifs is 6. The van der Waals surface area contributed by atoms with Crippen molar-refractivity contribution in [2.75, 3.05) is 0 Å². The number of para-hydroxylation sites is 2. The first-order chi connectivity index (χ1) is 30.8. The lowest BCUT2D eigenvalue weighted by molar-refractivity contribution is -0.137. The molecular weight excluding hydrogens is 798 g/mol. The number of hydrogen-bond donors (Lipinski definition) is 0. The average Bonchev–Trinajstić information content (AvgIpc) is 3.76. The lowest BCUT2D eigenvalue weighted by Gasteiger charge is -2.21. The third-order valence-corrected chi connectivity index (χ3v) is 12.7. The summed E-state index contributed by atoms with van der Waals surface area (Å²) < 4.78 is 49.6. The summed E-state index contributed by atoms with van der Waals surface area (Å²) in [6.45, 7) is 20.7. The Morgan fingerprint density at radius 1 is 0.484 bits per heavy atom. The van der Waals surface area contributed by atoms with E-state index in [1.165, 1.54) is 12.1 Å². The van der Waals surface area contributed by atoms with Crippen LogP contribution in [-0.4, -0.2) is 9.13 Å². The molecule has 7 heteroatoms. The summed E-state index contributed by atoms with van der Waals surface area (Å²) in [4.78, 5) is 3.66. The van der Waals surface area contributed by atoms with Gasteiger partial charge in [0.1, 0.15) is 11.6 Å². The van der Waals surface area contributed by atoms with Gasteiger partial charge in [0.15, 0.2) is 5.69 Å². The highest BCUT2D eigenvalue weighted by atomic mass is 19.4. The summed E-state index contributed by atoms with van der Waals surface area (Å²) >= 11 is 0. The molecule has 0 spiro atoms. The second kappa shape index (κ2) is 14.9. The van der Waals surface area contributed by atoms with Gasteiger partial charge in [-0.25, -0.2) is 4.85 Å². The summed E-state index contributed by atoms with van der Waals surface area (Å²) in [6.07, 6.45) is -4.78. The van der Waals surface area contributed by atoms with E-state index in [9.17, 15) is 5.26 Å². The normalized spacial score (nSPS) is 11.8. The molecule has 4 nitrogen and oxygen atoms in total. The van der Waals surface area contributed by atoms with Gasteiger partial charge in [0, 0.05) is 21.5 Å². The summed E-state index contributed by atoms with van der Waals surface area (Å²) in [6, 6.07) is 46.8. The third-order valence-electron chi connectivity index (χ3n) is 12.7. The fourth-order valence-electron chi connectivity index (χ4n) is 10.4. The number of rotatable bonds is 5. The predicted molar refractivity (Wildman–Crippen MR) is 256 cm³/mol. The van der Waals surface area contributed by atoms with E-state index in [1.54, 1.807) is 12.1 Å². The molecule has 0 radical (unpaired) electrons. The highest BCUT2D eigenvalue weighted by Crippen LogP contribution is 2.47. The molecule has 0 atom stereocenters. The van der Waals surface area contributed by atoms with Gasteiger partial charge in [0.05, 0.1) is 45.6 Å². The topological polar surface area (TPSA) is 38.0 Å². The van der Waals surface area contributed by atoms with Gasteiger partial charge < -0.3 is 9.13 Å². The van der Waals surface area contributed by atoms with E-state index in [2.05, 4.69) is 113 Å². The maximum atomic E-state index is 15.2. The summed E-state index contributed by atoms with van der Waals surface area (Å²) in [5.74, 6) is 0. The van der Waals surface area contributed by atoms with Crippen LogP contribution < -0.4 is 0 Å². The van der Waals surface area contributed by atoms with E-state index in [1.807, 2.05) is 57.7 Å². The van der Waals surface area contributed by atoms with Crippen LogP contribution in [0.25, 0.3) is 93.2 Å². The number of nitriles is 1. The largest absolute Gasteiger partial charge is 0.415 e. The van der Waals surface area contributed by atoms with Crippen molar-refractivity contribution in [1.29, 1.82) is 5.26 Å². The Hall–Kier alpha value is -7.87. The molecule has 0 fully saturated rings. The molecule has 0 aliphatic heterocycles. The lowest BCUT2D eigenvalue weighted by Crippen LogP contribution is -2.09. The van der Waals surface area contributed by atoms with E-state index < -0.39 is 11.7 Å². The maximum Gasteiger partial charge on any atom is 0.415 e. The molecule has 0 N–H and O–H groups in total. The van der Waals surface area contributed by atoms with Gasteiger partial charge in [-0.3, -0.25) is 0 Å². The van der Waals surface area contributed by atoms with E-state index in [0.29, 0.717) is 11.4 Å². The predicted octanol–water partition coefficient (Wildman–Crippen LogP) is 16.2. The zero-order valence-electron chi connectivity index (χ0n) is 36.2. The molecule has 0 saturated heterocycles. The second-order valence-corrected chi connectivity index (χ2v) is 17.0. The number of nitrogens with zero attached hydrogens (tertiary/aromatic N) is 4. The molecule has 8 aromatic carbocycles. The Bertz CT molecular complexity index is 3450. The molecular formula is C57H41F3N4. The van der Waals surface area contributed by atoms with Gasteiger partial charge in [-0.2, -0.15) is 18.4 Å². The number of hydrogen-bond acceptors (Lipinski definition) is 1. The number of halogens is 3. The van der Waals surface area contributed by atoms with Crippen molar-refractivity contribution >= 4 is 49.3 Å². The lowest BCUT2D eigenvalue weighted by atomic mass is 9.93. The van der Waals surface area contributed by atoms with E-state index in [4.69, 9.17) is 6.57 Å². The first kappa shape index (κ1) is 40.2. The zero-order chi connectivity index (χ0) is 44.8. The van der Waals surface area contributed by atoms with Crippen LogP contribution in [0.3, 0.4) is 0 Å². The SMILES string of the molecule is [C-]#[N+]c1cccc(C(F)(F)F)c1-c1cc(-n2c3ccccc3c3ccc(-c4c(C)cc(C)cc4C)cc32)c(C#N)c(-n2c3ccccc3c3ccc(-c4c(C)cc(C)cc4C)cc32)c1. The van der Waals surface area contributed by atoms with E-state index in [0.717, 1.165) is 105 Å². The van der Waals surface area contributed by atoms with E-state index >= 15 is 13.2 Å². The Morgan fingerprint density at radius 2 is 0.922 bits per heavy atom. The zero-order valence-corrected chi connectivity index (χ0v) is 36.2. The minimum Gasteiger partial charge on any atom is -0.308 e. The van der Waals surface area contributed by atoms with Crippen LogP contribution in [0.15, 0.2) is 140 Å². The second-order valence-electron chi connectivity index (χ2n) is 17.0. The van der Waals surface area contributed by atoms with Crippen LogP contribution in [0.5, 0.6) is 0 Å². The maximum absolute atomic E-state index is 15.2. The van der Waals surface area contributed by atoms with Gasteiger partial charge in [-0.05, 0) is 134 Å². The van der Waals surface area contributed by atoms with Crippen molar-refractivity contribution in [1.82, 2.24) is 9.13 Å². The first-order valence-electron chi connectivity index (χ1n) is 21.2. The number of benzene rings is 8. The Morgan fingerprint density at radius 3 is 1.34 bits per heavy atom. The fraction of sp³-hybridized carbons (Fsp3) is 0.123. The van der Waals surface area contributed by atoms with Crippen LogP contribution in [0, 0.1) is 59.4 Å². The van der Waals surface area contributed by atoms with Gasteiger partial charge in [0.25, 0.3) is 0 Å². The molecule has 2 aromatic heterocycles. The molecule has 0 bridgehead atoms. The minimum atomic E-state index is -4.78. The van der Waals surface area contributed by atoms with Gasteiger partial charge in [-0.1, -0.05) is 114 Å². The summed E-state index contributed by atoms with van der Waals surface area (Å²) in [7, 11) is 0. The third kappa shape index (κ3) is 6.27. The summed E-state index contributed by atoms with van der Waals surface area (Å²) in [5.41, 5.74) is 14.1. The van der Waals surface area contributed by atoms with Crippen molar-refractivity contribution in [2.24, 2.45) is 0 Å². The first-order valence-corrected chi connectivity index (χ1v) is 21.2. The van der Waals surface area contributed by atoms with Crippen molar-refractivity contribution in [3.8, 4) is 50.8 Å². The quantitative estimate of drug-likeness (QED) is 0.159. The Balaban J connectivity index is 1.39. The molecule has 0 aliphatic carbocycles. The van der Waals surface area contributed by atoms with Crippen LogP contribution in [0.2, 0.25) is 0 Å². The van der Waals surface area contributed by atoms with Crippen molar-refractivity contribution in [3.63, 3.8) is 0 Å². The molecule has 310 valence electrons. The molecule has 0 amide bonds. The molecule has 0 aliphatic rings. The molecule has 2 heterocycles. The van der Waals surface area contributed by atoms with Crippen LogP contribution in [0.1, 0.15) is 44.5 Å². The van der Waals surface area contributed by atoms with E-state index in [-0.39, 0.29) is 22.4 Å². The highest BCUT2D eigenvalue weighted by Gasteiger charge is 2.35. The molecule has 0 unspecified atom stereocenters. The van der Waals surface area contributed by atoms with Crippen molar-refractivity contribution < 1.29 is 13.2 Å². The molecule has 10 aromatic rings. The van der Waals surface area contributed by atoms with Gasteiger partial charge >= 0.3 is 6.18 Å². The van der Waals surface area contributed by atoms with Crippen LogP contribution in [0.4, 0.5) is 18.9 Å². The molecule has 10 rings (SSSR count). The van der Waals surface area contributed by atoms with Crippen molar-refractivity contribution in [2.45, 2.75) is 47.7 Å². The average molecular weight is 839 g/mol. The van der Waals surface area contributed by atoms with Crippen LogP contribution in [-0.2, 0) is 6.18 Å². The molecule has 64 heavy (non-hydrogen) atoms. The highest BCUT2D eigenvalue weighted by molar-refractivity contribution is 6.12. The monoisotopic (exact) mass is 838 g/mol. The van der Waals surface area contributed by atoms with Crippen molar-refractivity contribution in [3.05, 3.63) is 195 Å². The number of alkyl halides is 3. The number of aromatic nitrogens is 2. The Labute approximate surface area is 369 Å². The summed E-state index contributed by atoms with van der Waals surface area (Å²) in [5, 5.41) is 15.3. The number of aryl methyl sites for hydroxylation is 6. The smallest absolute Gasteiger partial charge is 0.308 e. The minimum absolute atomic E-state index is 0.138. The molecule has 0 saturated carbocycles. The Kier molecular flexibility index (Phi) is 9.36. The standard InChI is InChI=1S/C57H41F3N4/c1-32-23-34(3)54(35(4)24-32)38-19-21-43-41-13-8-10-17-48(41)63(50(43)27-38)52-29-40(56-46(57(58,59)60)15-12-16-47(56)62-7)30-53(45(52)31-61)64-49-18-11-9-14-42(49)44-22-20-39(28-51(44)64)55-36(5)25-33(2)26-37(55)6/h8-30H,1-6H3. The van der Waals surface area contributed by atoms with Gasteiger partial charge in [-0.15, -0.1) is 0 Å². The fourth-order valence-corrected chi connectivity index (χ4v) is 10.4.